The Morgan fingerprint density at radius 1 is 0.552 bits per heavy atom. The van der Waals surface area contributed by atoms with Crippen molar-refractivity contribution in [3.05, 3.63) is 107 Å². The molecule has 0 aliphatic heterocycles. The molecule has 0 spiro atoms. The molecule has 0 saturated heterocycles. The Balaban J connectivity index is 1.95. The smallest absolute Gasteiger partial charge is 0.0691 e. The summed E-state index contributed by atoms with van der Waals surface area (Å²) in [5.41, 5.74) is 10.8. The van der Waals surface area contributed by atoms with Crippen molar-refractivity contribution in [1.29, 1.82) is 0 Å². The number of hydrogen-bond acceptors (Lipinski definition) is 2. The van der Waals surface area contributed by atoms with E-state index < -0.39 is 0 Å². The lowest BCUT2D eigenvalue weighted by Crippen LogP contribution is -2.05. The Morgan fingerprint density at radius 2 is 1.07 bits per heavy atom. The van der Waals surface area contributed by atoms with E-state index in [0.717, 1.165) is 39.8 Å². The molecule has 5 rings (SSSR count). The molecule has 0 aromatic heterocycles. The van der Waals surface area contributed by atoms with E-state index in [1.807, 2.05) is 36.4 Å². The van der Waals surface area contributed by atoms with Gasteiger partial charge in [-0.25, -0.2) is 0 Å². The fourth-order valence-electron chi connectivity index (χ4n) is 4.72. The van der Waals surface area contributed by atoms with E-state index in [1.165, 1.54) is 22.3 Å². The zero-order valence-corrected chi connectivity index (χ0v) is 16.1. The molecule has 0 radical (unpaired) electrons. The molecule has 0 heterocycles. The Bertz CT molecular complexity index is 1180. The van der Waals surface area contributed by atoms with Crippen LogP contribution < -0.4 is 0 Å². The summed E-state index contributed by atoms with van der Waals surface area (Å²) in [6.45, 7) is -0.223. The molecular weight excluding hydrogens is 356 g/mol. The molecule has 2 heteroatoms. The normalized spacial score (nSPS) is 11.9. The monoisotopic (exact) mass is 378 g/mol. The highest BCUT2D eigenvalue weighted by atomic mass is 16.3. The number of rotatable bonds is 4. The number of aliphatic hydroxyl groups is 2. The topological polar surface area (TPSA) is 40.5 Å². The summed E-state index contributed by atoms with van der Waals surface area (Å²) >= 11 is 0. The van der Waals surface area contributed by atoms with E-state index >= 15 is 0 Å². The molecule has 142 valence electrons. The van der Waals surface area contributed by atoms with Gasteiger partial charge in [0.05, 0.1) is 13.2 Å². The minimum absolute atomic E-state index is 0.108. The summed E-state index contributed by atoms with van der Waals surface area (Å²) in [4.78, 5) is 0. The van der Waals surface area contributed by atoms with Crippen molar-refractivity contribution < 1.29 is 10.2 Å². The third kappa shape index (κ3) is 2.80. The van der Waals surface area contributed by atoms with Gasteiger partial charge < -0.3 is 10.2 Å². The van der Waals surface area contributed by atoms with Gasteiger partial charge in [-0.05, 0) is 62.1 Å². The van der Waals surface area contributed by atoms with E-state index in [-0.39, 0.29) is 13.2 Å². The van der Waals surface area contributed by atoms with Crippen molar-refractivity contribution in [2.24, 2.45) is 0 Å². The lowest BCUT2D eigenvalue weighted by atomic mass is 9.81. The molecular formula is C27H22O2. The van der Waals surface area contributed by atoms with Gasteiger partial charge in [-0.2, -0.15) is 0 Å². The lowest BCUT2D eigenvalue weighted by molar-refractivity contribution is 0.261. The van der Waals surface area contributed by atoms with Crippen LogP contribution >= 0.6 is 0 Å². The Morgan fingerprint density at radius 3 is 1.69 bits per heavy atom. The molecule has 1 aliphatic carbocycles. The van der Waals surface area contributed by atoms with Crippen LogP contribution in [0.15, 0.2) is 84.9 Å². The van der Waals surface area contributed by atoms with Gasteiger partial charge in [0, 0.05) is 0 Å². The molecule has 0 atom stereocenters. The predicted octanol–water partition coefficient (Wildman–Crippen LogP) is 5.58. The van der Waals surface area contributed by atoms with Crippen LogP contribution in [0.2, 0.25) is 0 Å². The van der Waals surface area contributed by atoms with Crippen molar-refractivity contribution >= 4 is 0 Å². The molecule has 0 saturated carbocycles. The minimum Gasteiger partial charge on any atom is -0.392 e. The molecule has 0 amide bonds. The Hall–Kier alpha value is -3.20. The summed E-state index contributed by atoms with van der Waals surface area (Å²) in [6, 6.07) is 28.9. The highest BCUT2D eigenvalue weighted by Crippen LogP contribution is 2.50. The van der Waals surface area contributed by atoms with Crippen LogP contribution in [-0.2, 0) is 19.6 Å². The number of fused-ring (bicyclic) bond motifs is 3. The van der Waals surface area contributed by atoms with Gasteiger partial charge in [0.25, 0.3) is 0 Å². The molecule has 1 aliphatic rings. The van der Waals surface area contributed by atoms with E-state index in [2.05, 4.69) is 48.5 Å². The van der Waals surface area contributed by atoms with Crippen LogP contribution in [0, 0.1) is 0 Å². The molecule has 0 fully saturated rings. The summed E-state index contributed by atoms with van der Waals surface area (Å²) < 4.78 is 0. The first-order chi connectivity index (χ1) is 14.3. The number of aliphatic hydroxyl groups excluding tert-OH is 2. The van der Waals surface area contributed by atoms with Gasteiger partial charge in [-0.15, -0.1) is 0 Å². The van der Waals surface area contributed by atoms with Gasteiger partial charge >= 0.3 is 0 Å². The number of hydrogen-bond donors (Lipinski definition) is 2. The summed E-state index contributed by atoms with van der Waals surface area (Å²) in [6.07, 6.45) is 0.828. The zero-order chi connectivity index (χ0) is 19.8. The quantitative estimate of drug-likeness (QED) is 0.429. The minimum atomic E-state index is -0.116. The van der Waals surface area contributed by atoms with Crippen LogP contribution in [0.25, 0.3) is 33.4 Å². The van der Waals surface area contributed by atoms with Crippen LogP contribution in [0.4, 0.5) is 0 Å². The van der Waals surface area contributed by atoms with Crippen LogP contribution in [-0.4, -0.2) is 10.2 Å². The second-order valence-corrected chi connectivity index (χ2v) is 7.44. The molecule has 0 bridgehead atoms. The zero-order valence-electron chi connectivity index (χ0n) is 16.1. The largest absolute Gasteiger partial charge is 0.392 e. The maximum atomic E-state index is 10.4. The maximum absolute atomic E-state index is 10.4. The summed E-state index contributed by atoms with van der Waals surface area (Å²) in [5, 5.41) is 20.8. The first-order valence-corrected chi connectivity index (χ1v) is 9.95. The second-order valence-electron chi connectivity index (χ2n) is 7.44. The number of benzene rings is 4. The first-order valence-electron chi connectivity index (χ1n) is 9.95. The third-order valence-corrected chi connectivity index (χ3v) is 5.92. The highest BCUT2D eigenvalue weighted by molar-refractivity contribution is 5.98. The van der Waals surface area contributed by atoms with E-state index in [9.17, 15) is 10.2 Å². The molecule has 4 aromatic rings. The Kier molecular flexibility index (Phi) is 4.51. The molecule has 2 nitrogen and oxygen atoms in total. The van der Waals surface area contributed by atoms with Crippen molar-refractivity contribution in [2.45, 2.75) is 19.6 Å². The first kappa shape index (κ1) is 17.9. The van der Waals surface area contributed by atoms with E-state index in [1.54, 1.807) is 0 Å². The van der Waals surface area contributed by atoms with Crippen molar-refractivity contribution in [1.82, 2.24) is 0 Å². The maximum Gasteiger partial charge on any atom is 0.0691 e. The lowest BCUT2D eigenvalue weighted by Gasteiger charge is -2.23. The molecule has 4 aromatic carbocycles. The Labute approximate surface area is 170 Å². The molecule has 0 unspecified atom stereocenters. The van der Waals surface area contributed by atoms with Crippen molar-refractivity contribution in [3.63, 3.8) is 0 Å². The average molecular weight is 378 g/mol. The summed E-state index contributed by atoms with van der Waals surface area (Å²) in [7, 11) is 0. The van der Waals surface area contributed by atoms with Crippen LogP contribution in [0.1, 0.15) is 22.3 Å². The molecule has 29 heavy (non-hydrogen) atoms. The van der Waals surface area contributed by atoms with E-state index in [0.29, 0.717) is 0 Å². The predicted molar refractivity (Wildman–Crippen MR) is 117 cm³/mol. The second kappa shape index (κ2) is 7.32. The summed E-state index contributed by atoms with van der Waals surface area (Å²) in [5.74, 6) is 0. The van der Waals surface area contributed by atoms with Gasteiger partial charge in [0.1, 0.15) is 0 Å². The van der Waals surface area contributed by atoms with Gasteiger partial charge in [-0.3, -0.25) is 0 Å². The SMILES string of the molecule is OCc1c(CO)c(-c2ccccc2)c2c(c1-c1ccccc1)Cc1ccccc1-2. The highest BCUT2D eigenvalue weighted by Gasteiger charge is 2.30. The van der Waals surface area contributed by atoms with Crippen molar-refractivity contribution in [2.75, 3.05) is 0 Å². The van der Waals surface area contributed by atoms with Crippen LogP contribution in [0.3, 0.4) is 0 Å². The third-order valence-electron chi connectivity index (χ3n) is 5.92. The average Bonchev–Trinajstić information content (AvgIpc) is 3.17. The van der Waals surface area contributed by atoms with Gasteiger partial charge in [0.15, 0.2) is 0 Å². The fourth-order valence-corrected chi connectivity index (χ4v) is 4.72. The van der Waals surface area contributed by atoms with Crippen molar-refractivity contribution in [3.8, 4) is 33.4 Å². The van der Waals surface area contributed by atoms with Gasteiger partial charge in [0.2, 0.25) is 0 Å². The van der Waals surface area contributed by atoms with Gasteiger partial charge in [-0.1, -0.05) is 84.9 Å². The molecule has 2 N–H and O–H groups in total. The fraction of sp³-hybridized carbons (Fsp3) is 0.111. The van der Waals surface area contributed by atoms with E-state index in [4.69, 9.17) is 0 Å². The standard InChI is InChI=1S/C27H22O2/c28-16-23-24(17-29)26(19-11-5-2-6-12-19)27-21-14-8-7-13-20(21)15-22(27)25(23)18-9-3-1-4-10-18/h1-14,28-29H,15-17H2. The van der Waals surface area contributed by atoms with Crippen LogP contribution in [0.5, 0.6) is 0 Å².